The van der Waals surface area contributed by atoms with Crippen molar-refractivity contribution in [1.29, 1.82) is 0 Å². The zero-order chi connectivity index (χ0) is 28.4. The van der Waals surface area contributed by atoms with E-state index in [0.29, 0.717) is 25.2 Å². The van der Waals surface area contributed by atoms with Gasteiger partial charge < -0.3 is 9.84 Å². The first-order chi connectivity index (χ1) is 17.5. The number of carboxylic acids is 1. The molecule has 8 atom stereocenters. The number of carboxylic acid groups (broad SMARTS) is 1. The summed E-state index contributed by atoms with van der Waals surface area (Å²) in [5.41, 5.74) is 3.32. The number of hydrogen-bond acceptors (Lipinski definition) is 4. The molecule has 6 unspecified atom stereocenters. The van der Waals surface area contributed by atoms with Crippen LogP contribution in [-0.2, 0) is 19.1 Å². The van der Waals surface area contributed by atoms with Crippen molar-refractivity contribution in [2.24, 2.45) is 45.3 Å². The minimum Gasteiger partial charge on any atom is -0.481 e. The third kappa shape index (κ3) is 4.13. The number of carbonyl (C=O) groups excluding carboxylic acids is 2. The maximum Gasteiger partial charge on any atom is 0.307 e. The van der Waals surface area contributed by atoms with Gasteiger partial charge in [0.05, 0.1) is 5.92 Å². The normalized spacial score (nSPS) is 40.5. The molecule has 0 aliphatic heterocycles. The Bertz CT molecular complexity index is 1080. The van der Waals surface area contributed by atoms with Crippen molar-refractivity contribution in [3.8, 4) is 0 Å². The van der Waals surface area contributed by atoms with Crippen molar-refractivity contribution in [3.05, 3.63) is 22.8 Å². The number of rotatable bonds is 6. The van der Waals surface area contributed by atoms with E-state index < -0.39 is 17.8 Å². The van der Waals surface area contributed by atoms with E-state index >= 15 is 0 Å². The highest BCUT2D eigenvalue weighted by molar-refractivity contribution is 5.91. The van der Waals surface area contributed by atoms with Gasteiger partial charge in [0.25, 0.3) is 0 Å². The molecule has 0 spiro atoms. The fourth-order valence-electron chi connectivity index (χ4n) is 9.99. The molecule has 5 heteroatoms. The Morgan fingerprint density at radius 1 is 1.08 bits per heavy atom. The lowest BCUT2D eigenvalue weighted by atomic mass is 9.41. The summed E-state index contributed by atoms with van der Waals surface area (Å²) >= 11 is 0. The quantitative estimate of drug-likeness (QED) is 0.286. The Morgan fingerprint density at radius 2 is 1.74 bits per heavy atom. The predicted octanol–water partition coefficient (Wildman–Crippen LogP) is 7.54. The molecule has 0 amide bonds. The van der Waals surface area contributed by atoms with E-state index in [1.807, 2.05) is 13.8 Å². The molecule has 4 aliphatic carbocycles. The molecule has 2 fully saturated rings. The SMILES string of the molecule is CC(=O)OC1CCC2(C)C3=C(CCC2C1(C)C)[C@]1(C)CC(=O)C([C@H](CCC=C(C)C)C(=O)O)C1(C)C(C)C3. The van der Waals surface area contributed by atoms with Crippen LogP contribution in [0.5, 0.6) is 0 Å². The molecule has 1 N–H and O–H groups in total. The lowest BCUT2D eigenvalue weighted by Gasteiger charge is -2.63. The molecule has 0 aromatic heterocycles. The smallest absolute Gasteiger partial charge is 0.307 e. The summed E-state index contributed by atoms with van der Waals surface area (Å²) < 4.78 is 5.83. The maximum atomic E-state index is 13.9. The molecule has 212 valence electrons. The minimum absolute atomic E-state index is 0.00309. The lowest BCUT2D eigenvalue weighted by Crippen LogP contribution is -2.57. The molecule has 4 rings (SSSR count). The number of Topliss-reactive ketones (excluding diaryl/α,β-unsaturated/α-hetero) is 1. The predicted molar refractivity (Wildman–Crippen MR) is 149 cm³/mol. The van der Waals surface area contributed by atoms with Crippen LogP contribution < -0.4 is 0 Å². The van der Waals surface area contributed by atoms with E-state index in [1.54, 1.807) is 0 Å². The van der Waals surface area contributed by atoms with Gasteiger partial charge in [-0.1, -0.05) is 64.3 Å². The number of hydrogen-bond donors (Lipinski definition) is 1. The highest BCUT2D eigenvalue weighted by atomic mass is 16.5. The van der Waals surface area contributed by atoms with Crippen molar-refractivity contribution in [2.75, 3.05) is 0 Å². The van der Waals surface area contributed by atoms with Crippen LogP contribution in [0.15, 0.2) is 22.8 Å². The lowest BCUT2D eigenvalue weighted by molar-refractivity contribution is -0.167. The van der Waals surface area contributed by atoms with Gasteiger partial charge in [-0.05, 0) is 81.5 Å². The van der Waals surface area contributed by atoms with Gasteiger partial charge in [-0.3, -0.25) is 14.4 Å². The first-order valence-electron chi connectivity index (χ1n) is 14.8. The van der Waals surface area contributed by atoms with E-state index in [9.17, 15) is 19.5 Å². The summed E-state index contributed by atoms with van der Waals surface area (Å²) in [4.78, 5) is 38.4. The Morgan fingerprint density at radius 3 is 2.32 bits per heavy atom. The van der Waals surface area contributed by atoms with Gasteiger partial charge >= 0.3 is 11.9 Å². The number of carbonyl (C=O) groups is 3. The van der Waals surface area contributed by atoms with E-state index in [1.165, 1.54) is 23.6 Å². The van der Waals surface area contributed by atoms with Crippen LogP contribution >= 0.6 is 0 Å². The van der Waals surface area contributed by atoms with E-state index in [4.69, 9.17) is 4.74 Å². The van der Waals surface area contributed by atoms with Crippen LogP contribution in [0.3, 0.4) is 0 Å². The second kappa shape index (κ2) is 9.63. The van der Waals surface area contributed by atoms with Gasteiger partial charge in [0.1, 0.15) is 11.9 Å². The summed E-state index contributed by atoms with van der Waals surface area (Å²) in [6.45, 7) is 19.3. The van der Waals surface area contributed by atoms with Crippen LogP contribution in [0.1, 0.15) is 114 Å². The summed E-state index contributed by atoms with van der Waals surface area (Å²) in [6, 6.07) is 0. The fraction of sp³-hybridized carbons (Fsp3) is 0.788. The van der Waals surface area contributed by atoms with Gasteiger partial charge in [0, 0.05) is 30.1 Å². The average Bonchev–Trinajstić information content (AvgIpc) is 3.00. The third-order valence-corrected chi connectivity index (χ3v) is 12.1. The van der Waals surface area contributed by atoms with Crippen LogP contribution in [0.25, 0.3) is 0 Å². The van der Waals surface area contributed by atoms with Crippen molar-refractivity contribution >= 4 is 17.7 Å². The van der Waals surface area contributed by atoms with Crippen LogP contribution in [0.4, 0.5) is 0 Å². The Kier molecular flexibility index (Phi) is 7.37. The second-order valence-corrected chi connectivity index (χ2v) is 14.6. The largest absolute Gasteiger partial charge is 0.481 e. The average molecular weight is 527 g/mol. The number of ether oxygens (including phenoxy) is 1. The molecule has 5 nitrogen and oxygen atoms in total. The fourth-order valence-corrected chi connectivity index (χ4v) is 9.99. The minimum atomic E-state index is -0.829. The van der Waals surface area contributed by atoms with E-state index in [0.717, 1.165) is 32.1 Å². The number of esters is 1. The van der Waals surface area contributed by atoms with E-state index in [-0.39, 0.29) is 45.4 Å². The second-order valence-electron chi connectivity index (χ2n) is 14.6. The first-order valence-corrected chi connectivity index (χ1v) is 14.8. The zero-order valence-electron chi connectivity index (χ0n) is 25.2. The Hall–Kier alpha value is -1.91. The highest BCUT2D eigenvalue weighted by Gasteiger charge is 2.69. The Labute approximate surface area is 229 Å². The van der Waals surface area contributed by atoms with Gasteiger partial charge in [-0.15, -0.1) is 0 Å². The molecule has 0 aromatic rings. The topological polar surface area (TPSA) is 80.7 Å². The molecule has 2 saturated carbocycles. The zero-order valence-corrected chi connectivity index (χ0v) is 25.2. The molecule has 0 radical (unpaired) electrons. The first kappa shape index (κ1) is 29.1. The summed E-state index contributed by atoms with van der Waals surface area (Å²) in [5.74, 6) is -1.39. The van der Waals surface area contributed by atoms with Gasteiger partial charge in [-0.2, -0.15) is 0 Å². The van der Waals surface area contributed by atoms with Gasteiger partial charge in [0.2, 0.25) is 0 Å². The maximum absolute atomic E-state index is 13.9. The molecule has 4 aliphatic rings. The van der Waals surface area contributed by atoms with Crippen molar-refractivity contribution in [3.63, 3.8) is 0 Å². The molecule has 0 heterocycles. The number of allylic oxidation sites excluding steroid dienone is 4. The van der Waals surface area contributed by atoms with Crippen molar-refractivity contribution in [2.45, 2.75) is 120 Å². The molecule has 0 saturated heterocycles. The van der Waals surface area contributed by atoms with Crippen LogP contribution in [-0.4, -0.2) is 28.9 Å². The highest BCUT2D eigenvalue weighted by Crippen LogP contribution is 2.73. The summed E-state index contributed by atoms with van der Waals surface area (Å²) in [7, 11) is 0. The number of fused-ring (bicyclic) bond motifs is 4. The monoisotopic (exact) mass is 526 g/mol. The van der Waals surface area contributed by atoms with Crippen LogP contribution in [0, 0.1) is 45.3 Å². The molecule has 0 aromatic carbocycles. The summed E-state index contributed by atoms with van der Waals surface area (Å²) in [5, 5.41) is 10.3. The number of ketones is 1. The van der Waals surface area contributed by atoms with Crippen LogP contribution in [0.2, 0.25) is 0 Å². The molecular formula is C33H50O5. The van der Waals surface area contributed by atoms with Crippen molar-refractivity contribution in [1.82, 2.24) is 0 Å². The molecular weight excluding hydrogens is 476 g/mol. The summed E-state index contributed by atoms with van der Waals surface area (Å²) in [6.07, 6.45) is 8.39. The van der Waals surface area contributed by atoms with Gasteiger partial charge in [0.15, 0.2) is 0 Å². The van der Waals surface area contributed by atoms with E-state index in [2.05, 4.69) is 47.6 Å². The Balaban J connectivity index is 1.76. The van der Waals surface area contributed by atoms with Gasteiger partial charge in [-0.25, -0.2) is 0 Å². The standard InChI is InChI=1S/C33H50O5/c1-19(2)11-10-12-22(29(36)37)28-25(35)18-32(8)23-13-14-26-30(5,6)27(38-21(4)34)15-16-31(26,7)24(23)17-20(3)33(28,32)9/h11,20,22,26-28H,10,12-18H2,1-9H3,(H,36,37)/t20?,22-,26?,27?,28?,31?,32-,33?/m0/s1. The third-order valence-electron chi connectivity index (χ3n) is 12.1. The van der Waals surface area contributed by atoms with Crippen molar-refractivity contribution < 1.29 is 24.2 Å². The molecule has 38 heavy (non-hydrogen) atoms. The number of aliphatic carboxylic acids is 1. The molecule has 0 bridgehead atoms.